The lowest BCUT2D eigenvalue weighted by molar-refractivity contribution is -0.134. The molecule has 0 aliphatic carbocycles. The van der Waals surface area contributed by atoms with Crippen LogP contribution in [0.5, 0.6) is 0 Å². The maximum atomic E-state index is 13.0. The number of rotatable bonds is 7. The first-order valence-corrected chi connectivity index (χ1v) is 11.5. The van der Waals surface area contributed by atoms with Crippen LogP contribution in [-0.2, 0) is 9.53 Å². The van der Waals surface area contributed by atoms with E-state index in [9.17, 15) is 4.79 Å². The van der Waals surface area contributed by atoms with Crippen molar-refractivity contribution in [2.24, 2.45) is 0 Å². The zero-order chi connectivity index (χ0) is 20.9. The summed E-state index contributed by atoms with van der Waals surface area (Å²) in [4.78, 5) is 19.6. The molecule has 2 aromatic rings. The lowest BCUT2D eigenvalue weighted by Gasteiger charge is -2.35. The van der Waals surface area contributed by atoms with E-state index < -0.39 is 0 Å². The van der Waals surface area contributed by atoms with Crippen LogP contribution in [0.15, 0.2) is 29.6 Å². The highest BCUT2D eigenvalue weighted by Gasteiger charge is 2.37. The van der Waals surface area contributed by atoms with Crippen LogP contribution in [0.25, 0.3) is 0 Å². The van der Waals surface area contributed by atoms with Crippen molar-refractivity contribution in [2.75, 3.05) is 66.1 Å². The van der Waals surface area contributed by atoms with Gasteiger partial charge in [-0.3, -0.25) is 14.6 Å². The minimum Gasteiger partial charge on any atom is -0.383 e. The van der Waals surface area contributed by atoms with E-state index in [1.165, 1.54) is 22.7 Å². The number of benzene rings is 1. The molecule has 2 aliphatic rings. The van der Waals surface area contributed by atoms with Gasteiger partial charge in [0.05, 0.1) is 18.8 Å². The van der Waals surface area contributed by atoms with Gasteiger partial charge >= 0.3 is 0 Å². The van der Waals surface area contributed by atoms with Gasteiger partial charge in [0.25, 0.3) is 0 Å². The SMILES string of the molecule is COCCN1CCN(C(=O)CN2C[C@@H](c3ccc(C)cc3)[C@H](c3csnn3)C2)CC1. The fourth-order valence-electron chi connectivity index (χ4n) is 4.53. The highest BCUT2D eigenvalue weighted by atomic mass is 32.1. The van der Waals surface area contributed by atoms with E-state index in [2.05, 4.69) is 56.0 Å². The molecule has 0 radical (unpaired) electrons. The van der Waals surface area contributed by atoms with Crippen LogP contribution in [0.2, 0.25) is 0 Å². The first-order chi connectivity index (χ1) is 14.6. The predicted molar refractivity (Wildman–Crippen MR) is 118 cm³/mol. The van der Waals surface area contributed by atoms with Crippen molar-refractivity contribution < 1.29 is 9.53 Å². The summed E-state index contributed by atoms with van der Waals surface area (Å²) in [6.45, 7) is 9.46. The third-order valence-corrected chi connectivity index (χ3v) is 6.88. The summed E-state index contributed by atoms with van der Waals surface area (Å²) in [6, 6.07) is 8.78. The highest BCUT2D eigenvalue weighted by Crippen LogP contribution is 2.39. The molecule has 2 atom stereocenters. The van der Waals surface area contributed by atoms with Gasteiger partial charge in [-0.1, -0.05) is 34.3 Å². The average Bonchev–Trinajstić information content (AvgIpc) is 3.43. The lowest BCUT2D eigenvalue weighted by atomic mass is 9.87. The van der Waals surface area contributed by atoms with Crippen molar-refractivity contribution in [3.8, 4) is 0 Å². The molecular formula is C22H31N5O2S. The average molecular weight is 430 g/mol. The van der Waals surface area contributed by atoms with Gasteiger partial charge in [0, 0.05) is 70.1 Å². The number of ether oxygens (including phenoxy) is 1. The summed E-state index contributed by atoms with van der Waals surface area (Å²) in [5.41, 5.74) is 3.63. The van der Waals surface area contributed by atoms with Crippen LogP contribution in [0.3, 0.4) is 0 Å². The van der Waals surface area contributed by atoms with E-state index in [-0.39, 0.29) is 11.8 Å². The van der Waals surface area contributed by atoms with Crippen LogP contribution >= 0.6 is 11.5 Å². The lowest BCUT2D eigenvalue weighted by Crippen LogP contribution is -2.51. The molecule has 7 nitrogen and oxygen atoms in total. The molecule has 0 bridgehead atoms. The Morgan fingerprint density at radius 3 is 2.50 bits per heavy atom. The van der Waals surface area contributed by atoms with Gasteiger partial charge in [-0.2, -0.15) is 0 Å². The Kier molecular flexibility index (Phi) is 7.09. The van der Waals surface area contributed by atoms with E-state index >= 15 is 0 Å². The first kappa shape index (κ1) is 21.4. The molecule has 1 aromatic carbocycles. The van der Waals surface area contributed by atoms with Crippen molar-refractivity contribution in [2.45, 2.75) is 18.8 Å². The number of piperazine rings is 1. The number of aromatic nitrogens is 2. The standard InChI is InChI=1S/C22H31N5O2S/c1-17-3-5-18(6-4-17)19-13-26(14-20(19)21-16-30-24-23-21)15-22(28)27-9-7-25(8-10-27)11-12-29-2/h3-6,16,19-20H,7-15H2,1-2H3/t19-,20+/m0/s1. The van der Waals surface area contributed by atoms with Crippen LogP contribution in [0, 0.1) is 6.92 Å². The molecule has 1 aromatic heterocycles. The third-order valence-electron chi connectivity index (χ3n) is 6.35. The maximum absolute atomic E-state index is 13.0. The summed E-state index contributed by atoms with van der Waals surface area (Å²) in [6.07, 6.45) is 0. The molecule has 4 rings (SSSR count). The molecule has 0 spiro atoms. The summed E-state index contributed by atoms with van der Waals surface area (Å²) in [7, 11) is 1.73. The maximum Gasteiger partial charge on any atom is 0.236 e. The van der Waals surface area contributed by atoms with Gasteiger partial charge in [-0.05, 0) is 24.0 Å². The Bertz CT molecular complexity index is 805. The van der Waals surface area contributed by atoms with E-state index in [0.717, 1.165) is 58.1 Å². The van der Waals surface area contributed by atoms with Gasteiger partial charge in [-0.25, -0.2) is 0 Å². The number of carbonyl (C=O) groups excluding carboxylic acids is 1. The van der Waals surface area contributed by atoms with Crippen LogP contribution in [0.1, 0.15) is 28.7 Å². The van der Waals surface area contributed by atoms with E-state index in [0.29, 0.717) is 12.5 Å². The second-order valence-corrected chi connectivity index (χ2v) is 8.97. The summed E-state index contributed by atoms with van der Waals surface area (Å²) >= 11 is 1.40. The van der Waals surface area contributed by atoms with E-state index in [4.69, 9.17) is 4.74 Å². The number of hydrogen-bond acceptors (Lipinski definition) is 7. The number of methoxy groups -OCH3 is 1. The zero-order valence-corrected chi connectivity index (χ0v) is 18.7. The molecule has 2 saturated heterocycles. The van der Waals surface area contributed by atoms with Crippen molar-refractivity contribution >= 4 is 17.4 Å². The smallest absolute Gasteiger partial charge is 0.236 e. The Balaban J connectivity index is 1.38. The molecule has 3 heterocycles. The van der Waals surface area contributed by atoms with Crippen molar-refractivity contribution in [1.82, 2.24) is 24.3 Å². The molecule has 0 saturated carbocycles. The minimum atomic E-state index is 0.237. The first-order valence-electron chi connectivity index (χ1n) is 10.7. The Labute approximate surface area is 182 Å². The molecule has 30 heavy (non-hydrogen) atoms. The highest BCUT2D eigenvalue weighted by molar-refractivity contribution is 7.03. The van der Waals surface area contributed by atoms with Gasteiger partial charge in [0.15, 0.2) is 0 Å². The second-order valence-electron chi connectivity index (χ2n) is 8.36. The van der Waals surface area contributed by atoms with E-state index in [1.54, 1.807) is 7.11 Å². The number of amides is 1. The van der Waals surface area contributed by atoms with Crippen LogP contribution in [-0.4, -0.2) is 96.3 Å². The number of likely N-dealkylation sites (tertiary alicyclic amines) is 1. The number of nitrogens with zero attached hydrogens (tertiary/aromatic N) is 5. The van der Waals surface area contributed by atoms with Gasteiger partial charge in [-0.15, -0.1) is 5.10 Å². The fraction of sp³-hybridized carbons (Fsp3) is 0.591. The Hall–Kier alpha value is -1.87. The molecule has 0 N–H and O–H groups in total. The molecule has 1 amide bonds. The monoisotopic (exact) mass is 429 g/mol. The predicted octanol–water partition coefficient (Wildman–Crippen LogP) is 1.82. The number of aryl methyl sites for hydroxylation is 1. The van der Waals surface area contributed by atoms with Gasteiger partial charge in [0.2, 0.25) is 5.91 Å². The fourth-order valence-corrected chi connectivity index (χ4v) is 5.05. The molecule has 2 aliphatic heterocycles. The van der Waals surface area contributed by atoms with Crippen molar-refractivity contribution in [3.05, 3.63) is 46.5 Å². The summed E-state index contributed by atoms with van der Waals surface area (Å²) < 4.78 is 9.24. The van der Waals surface area contributed by atoms with Crippen LogP contribution < -0.4 is 0 Å². The van der Waals surface area contributed by atoms with Gasteiger partial charge < -0.3 is 9.64 Å². The molecule has 162 valence electrons. The molecule has 2 fully saturated rings. The van der Waals surface area contributed by atoms with E-state index in [1.807, 2.05) is 4.90 Å². The minimum absolute atomic E-state index is 0.237. The second kappa shape index (κ2) is 9.96. The normalized spacial score (nSPS) is 23.2. The summed E-state index contributed by atoms with van der Waals surface area (Å²) in [5.74, 6) is 0.861. The Morgan fingerprint density at radius 2 is 1.83 bits per heavy atom. The number of hydrogen-bond donors (Lipinski definition) is 0. The molecular weight excluding hydrogens is 398 g/mol. The molecule has 0 unspecified atom stereocenters. The zero-order valence-electron chi connectivity index (χ0n) is 17.9. The number of carbonyl (C=O) groups is 1. The molecule has 8 heteroatoms. The third kappa shape index (κ3) is 5.06. The van der Waals surface area contributed by atoms with Crippen LogP contribution in [0.4, 0.5) is 0 Å². The topological polar surface area (TPSA) is 61.8 Å². The van der Waals surface area contributed by atoms with Gasteiger partial charge in [0.1, 0.15) is 0 Å². The van der Waals surface area contributed by atoms with Crippen molar-refractivity contribution in [3.63, 3.8) is 0 Å². The van der Waals surface area contributed by atoms with Crippen molar-refractivity contribution in [1.29, 1.82) is 0 Å². The largest absolute Gasteiger partial charge is 0.383 e. The summed E-state index contributed by atoms with van der Waals surface area (Å²) in [5, 5.41) is 6.41. The quantitative estimate of drug-likeness (QED) is 0.669. The Morgan fingerprint density at radius 1 is 1.10 bits per heavy atom.